The molecule has 0 radical (unpaired) electrons. The van der Waals surface area contributed by atoms with Crippen molar-refractivity contribution in [3.8, 4) is 0 Å². The van der Waals surface area contributed by atoms with Gasteiger partial charge in [-0.1, -0.05) is 0 Å². The summed E-state index contributed by atoms with van der Waals surface area (Å²) >= 11 is 0. The van der Waals surface area contributed by atoms with Crippen LogP contribution in [0.4, 0.5) is 0 Å². The molecule has 0 spiro atoms. The Morgan fingerprint density at radius 1 is 1.54 bits per heavy atom. The molecule has 1 fully saturated rings. The fourth-order valence-electron chi connectivity index (χ4n) is 1.86. The first-order valence-corrected chi connectivity index (χ1v) is 5.17. The lowest BCUT2D eigenvalue weighted by molar-refractivity contribution is 0.0514. The van der Waals surface area contributed by atoms with Crippen molar-refractivity contribution in [3.63, 3.8) is 0 Å². The van der Waals surface area contributed by atoms with E-state index in [1.54, 1.807) is 0 Å². The second-order valence-corrected chi connectivity index (χ2v) is 3.95. The minimum Gasteiger partial charge on any atom is -0.396 e. The van der Waals surface area contributed by atoms with E-state index >= 15 is 0 Å². The zero-order valence-corrected chi connectivity index (χ0v) is 8.46. The van der Waals surface area contributed by atoms with Crippen LogP contribution in [0, 0.1) is 11.3 Å². The summed E-state index contributed by atoms with van der Waals surface area (Å²) in [5.74, 6) is 0.642. The van der Waals surface area contributed by atoms with E-state index in [2.05, 4.69) is 0 Å². The van der Waals surface area contributed by atoms with E-state index < -0.39 is 0 Å². The normalized spacial score (nSPS) is 21.5. The van der Waals surface area contributed by atoms with Gasteiger partial charge in [-0.2, -0.15) is 0 Å². The number of nitrogens with two attached hydrogens (primary N) is 1. The quantitative estimate of drug-likeness (QED) is 0.579. The van der Waals surface area contributed by atoms with Crippen molar-refractivity contribution in [3.05, 3.63) is 0 Å². The smallest absolute Gasteiger partial charge is 0.0503 e. The lowest BCUT2D eigenvalue weighted by Gasteiger charge is -2.30. The molecule has 0 bridgehead atoms. The Kier molecular flexibility index (Phi) is 4.16. The fourth-order valence-corrected chi connectivity index (χ4v) is 1.86. The second kappa shape index (κ2) is 4.94. The molecule has 13 heavy (non-hydrogen) atoms. The Labute approximate surface area is 80.3 Å². The van der Waals surface area contributed by atoms with Crippen LogP contribution in [-0.4, -0.2) is 31.5 Å². The Morgan fingerprint density at radius 3 is 2.62 bits per heavy atom. The molecule has 1 aliphatic carbocycles. The highest BCUT2D eigenvalue weighted by Gasteiger charge is 2.43. The number of ether oxygens (including phenoxy) is 1. The van der Waals surface area contributed by atoms with Crippen molar-refractivity contribution in [2.45, 2.75) is 26.2 Å². The summed E-state index contributed by atoms with van der Waals surface area (Å²) in [5, 5.41) is 9.35. The third-order valence-electron chi connectivity index (χ3n) is 3.11. The van der Waals surface area contributed by atoms with E-state index in [1.807, 2.05) is 6.92 Å². The molecule has 1 unspecified atom stereocenters. The SMILES string of the molecule is CCOCCC(CN)(CO)C1CC1. The molecular formula is C10H21NO2. The van der Waals surface area contributed by atoms with Gasteiger partial charge >= 0.3 is 0 Å². The first-order valence-electron chi connectivity index (χ1n) is 5.17. The van der Waals surface area contributed by atoms with Crippen LogP contribution in [0.5, 0.6) is 0 Å². The maximum atomic E-state index is 9.35. The molecule has 0 aromatic carbocycles. The molecule has 1 rings (SSSR count). The minimum atomic E-state index is -0.0465. The Morgan fingerprint density at radius 2 is 2.23 bits per heavy atom. The largest absolute Gasteiger partial charge is 0.396 e. The number of hydrogen-bond acceptors (Lipinski definition) is 3. The standard InChI is InChI=1S/C10H21NO2/c1-2-13-6-5-10(7-11,8-12)9-3-4-9/h9,12H,2-8,11H2,1H3. The van der Waals surface area contributed by atoms with Crippen molar-refractivity contribution >= 4 is 0 Å². The van der Waals surface area contributed by atoms with Crippen LogP contribution in [0.3, 0.4) is 0 Å². The lowest BCUT2D eigenvalue weighted by atomic mass is 9.80. The van der Waals surface area contributed by atoms with E-state index in [4.69, 9.17) is 10.5 Å². The average Bonchev–Trinajstić information content (AvgIpc) is 2.97. The molecule has 3 N–H and O–H groups in total. The van der Waals surface area contributed by atoms with Crippen molar-refractivity contribution in [1.82, 2.24) is 0 Å². The monoisotopic (exact) mass is 187 g/mol. The van der Waals surface area contributed by atoms with E-state index in [-0.39, 0.29) is 12.0 Å². The van der Waals surface area contributed by atoms with Crippen LogP contribution in [0.1, 0.15) is 26.2 Å². The van der Waals surface area contributed by atoms with E-state index in [0.717, 1.165) is 19.6 Å². The summed E-state index contributed by atoms with van der Waals surface area (Å²) in [6.45, 7) is 4.25. The fraction of sp³-hybridized carbons (Fsp3) is 1.00. The van der Waals surface area contributed by atoms with Crippen LogP contribution in [0.15, 0.2) is 0 Å². The third kappa shape index (κ3) is 2.66. The van der Waals surface area contributed by atoms with Gasteiger partial charge < -0.3 is 15.6 Å². The highest BCUT2D eigenvalue weighted by Crippen LogP contribution is 2.46. The number of aliphatic hydroxyl groups excluding tert-OH is 1. The zero-order chi connectivity index (χ0) is 9.73. The number of aliphatic hydroxyl groups is 1. The Hall–Kier alpha value is -0.120. The van der Waals surface area contributed by atoms with Crippen molar-refractivity contribution in [2.75, 3.05) is 26.4 Å². The Bertz CT molecular complexity index is 142. The lowest BCUT2D eigenvalue weighted by Crippen LogP contribution is -2.37. The Balaban J connectivity index is 2.35. The molecule has 0 saturated heterocycles. The summed E-state index contributed by atoms with van der Waals surface area (Å²) in [4.78, 5) is 0. The summed E-state index contributed by atoms with van der Waals surface area (Å²) in [6, 6.07) is 0. The topological polar surface area (TPSA) is 55.5 Å². The second-order valence-electron chi connectivity index (χ2n) is 3.95. The van der Waals surface area contributed by atoms with Gasteiger partial charge in [0.2, 0.25) is 0 Å². The van der Waals surface area contributed by atoms with Crippen molar-refractivity contribution < 1.29 is 9.84 Å². The molecule has 0 heterocycles. The van der Waals surface area contributed by atoms with Gasteiger partial charge in [0.25, 0.3) is 0 Å². The summed E-state index contributed by atoms with van der Waals surface area (Å²) in [6.07, 6.45) is 3.35. The van der Waals surface area contributed by atoms with Crippen molar-refractivity contribution in [1.29, 1.82) is 0 Å². The first kappa shape index (κ1) is 11.0. The molecule has 0 aromatic heterocycles. The maximum absolute atomic E-state index is 9.35. The van der Waals surface area contributed by atoms with E-state index in [9.17, 15) is 5.11 Å². The molecule has 78 valence electrons. The summed E-state index contributed by atoms with van der Waals surface area (Å²) in [7, 11) is 0. The molecule has 0 amide bonds. The van der Waals surface area contributed by atoms with Gasteiger partial charge in [-0.05, 0) is 32.1 Å². The van der Waals surface area contributed by atoms with Gasteiger partial charge in [0.05, 0.1) is 6.61 Å². The molecular weight excluding hydrogens is 166 g/mol. The number of hydrogen-bond donors (Lipinski definition) is 2. The third-order valence-corrected chi connectivity index (χ3v) is 3.11. The highest BCUT2D eigenvalue weighted by molar-refractivity contribution is 4.94. The van der Waals surface area contributed by atoms with Crippen LogP contribution >= 0.6 is 0 Å². The molecule has 1 atom stereocenters. The van der Waals surface area contributed by atoms with Crippen LogP contribution in [0.2, 0.25) is 0 Å². The van der Waals surface area contributed by atoms with Gasteiger partial charge in [0.15, 0.2) is 0 Å². The molecule has 0 aliphatic heterocycles. The van der Waals surface area contributed by atoms with E-state index in [1.165, 1.54) is 12.8 Å². The van der Waals surface area contributed by atoms with Gasteiger partial charge in [-0.25, -0.2) is 0 Å². The highest BCUT2D eigenvalue weighted by atomic mass is 16.5. The van der Waals surface area contributed by atoms with Gasteiger partial charge in [-0.15, -0.1) is 0 Å². The molecule has 1 saturated carbocycles. The predicted molar refractivity (Wildman–Crippen MR) is 52.4 cm³/mol. The molecule has 3 heteroatoms. The zero-order valence-electron chi connectivity index (χ0n) is 8.46. The molecule has 1 aliphatic rings. The minimum absolute atomic E-state index is 0.0465. The van der Waals surface area contributed by atoms with Gasteiger partial charge in [0, 0.05) is 25.2 Å². The summed E-state index contributed by atoms with van der Waals surface area (Å²) < 4.78 is 5.30. The average molecular weight is 187 g/mol. The molecule has 0 aromatic rings. The van der Waals surface area contributed by atoms with Gasteiger partial charge in [0.1, 0.15) is 0 Å². The maximum Gasteiger partial charge on any atom is 0.0503 e. The first-order chi connectivity index (χ1) is 6.29. The van der Waals surface area contributed by atoms with E-state index in [0.29, 0.717) is 12.5 Å². The van der Waals surface area contributed by atoms with Crippen LogP contribution < -0.4 is 5.73 Å². The molecule has 3 nitrogen and oxygen atoms in total. The van der Waals surface area contributed by atoms with Crippen LogP contribution in [0.25, 0.3) is 0 Å². The number of rotatable bonds is 7. The van der Waals surface area contributed by atoms with Crippen molar-refractivity contribution in [2.24, 2.45) is 17.1 Å². The van der Waals surface area contributed by atoms with Gasteiger partial charge in [-0.3, -0.25) is 0 Å². The predicted octanol–water partition coefficient (Wildman–Crippen LogP) is 0.760. The van der Waals surface area contributed by atoms with Crippen LogP contribution in [-0.2, 0) is 4.74 Å². The summed E-state index contributed by atoms with van der Waals surface area (Å²) in [5.41, 5.74) is 5.68.